The number of hydrogen-bond acceptors (Lipinski definition) is 3. The molecule has 0 aliphatic carbocycles. The first-order valence-electron chi connectivity index (χ1n) is 6.21. The second-order valence-electron chi connectivity index (χ2n) is 4.67. The van der Waals surface area contributed by atoms with Crippen molar-refractivity contribution in [1.29, 1.82) is 0 Å². The monoisotopic (exact) mass is 334 g/mol. The molecule has 0 saturated carbocycles. The zero-order valence-corrected chi connectivity index (χ0v) is 12.8. The molecule has 0 amide bonds. The summed E-state index contributed by atoms with van der Waals surface area (Å²) < 4.78 is 40.4. The molecule has 0 saturated heterocycles. The fourth-order valence-corrected chi connectivity index (χ4v) is 3.28. The van der Waals surface area contributed by atoms with Crippen LogP contribution in [0.2, 0.25) is 4.34 Å². The molecular weight excluding hydrogens is 321 g/mol. The van der Waals surface area contributed by atoms with Gasteiger partial charge in [-0.05, 0) is 36.9 Å². The highest BCUT2D eigenvalue weighted by Crippen LogP contribution is 2.27. The number of likely N-dealkylation sites (N-methyl/N-ethyl adjacent to an activating group) is 1. The summed E-state index contributed by atoms with van der Waals surface area (Å²) in [6.45, 7) is 0.681. The number of hydrogen-bond donors (Lipinski definition) is 1. The first-order chi connectivity index (χ1) is 9.92. The molecule has 1 aromatic heterocycles. The lowest BCUT2D eigenvalue weighted by Crippen LogP contribution is -2.30. The van der Waals surface area contributed by atoms with Crippen molar-refractivity contribution in [3.8, 4) is 0 Å². The Labute approximate surface area is 129 Å². The minimum absolute atomic E-state index is 0.153. The number of thiophene rings is 1. The summed E-state index contributed by atoms with van der Waals surface area (Å²) in [6.07, 6.45) is 0. The molecule has 1 aromatic carbocycles. The summed E-state index contributed by atoms with van der Waals surface area (Å²) in [5.41, 5.74) is 6.00. The molecule has 2 aromatic rings. The first-order valence-corrected chi connectivity index (χ1v) is 7.40. The minimum Gasteiger partial charge on any atom is -0.329 e. The molecular formula is C14H14ClF3N2S. The number of nitrogens with two attached hydrogens (primary N) is 1. The average Bonchev–Trinajstić information content (AvgIpc) is 2.82. The van der Waals surface area contributed by atoms with E-state index in [0.29, 0.717) is 16.4 Å². The Morgan fingerprint density at radius 3 is 2.33 bits per heavy atom. The van der Waals surface area contributed by atoms with Crippen LogP contribution in [0, 0.1) is 17.5 Å². The fourth-order valence-electron chi connectivity index (χ4n) is 2.13. The van der Waals surface area contributed by atoms with E-state index in [4.69, 9.17) is 17.3 Å². The van der Waals surface area contributed by atoms with Gasteiger partial charge in [0.2, 0.25) is 0 Å². The molecule has 114 valence electrons. The maximum atomic E-state index is 13.3. The fraction of sp³-hybridized carbons (Fsp3) is 0.286. The van der Waals surface area contributed by atoms with Crippen molar-refractivity contribution in [3.05, 3.63) is 56.5 Å². The van der Waals surface area contributed by atoms with E-state index in [9.17, 15) is 13.2 Å². The van der Waals surface area contributed by atoms with E-state index < -0.39 is 23.5 Å². The third kappa shape index (κ3) is 3.77. The van der Waals surface area contributed by atoms with Crippen LogP contribution < -0.4 is 5.73 Å². The van der Waals surface area contributed by atoms with Gasteiger partial charge in [-0.25, -0.2) is 13.2 Å². The van der Waals surface area contributed by atoms with Crippen molar-refractivity contribution < 1.29 is 13.2 Å². The lowest BCUT2D eigenvalue weighted by Gasteiger charge is -2.27. The van der Waals surface area contributed by atoms with Gasteiger partial charge in [-0.2, -0.15) is 0 Å². The van der Waals surface area contributed by atoms with E-state index in [1.54, 1.807) is 13.1 Å². The number of rotatable bonds is 5. The Balaban J connectivity index is 2.22. The van der Waals surface area contributed by atoms with Gasteiger partial charge in [0, 0.05) is 24.0 Å². The van der Waals surface area contributed by atoms with Gasteiger partial charge in [0.15, 0.2) is 17.5 Å². The summed E-state index contributed by atoms with van der Waals surface area (Å²) in [5, 5.41) is 0. The summed E-state index contributed by atoms with van der Waals surface area (Å²) in [7, 11) is 1.78. The molecule has 0 aliphatic rings. The van der Waals surface area contributed by atoms with Crippen molar-refractivity contribution in [2.24, 2.45) is 5.73 Å². The molecule has 0 bridgehead atoms. The van der Waals surface area contributed by atoms with Crippen LogP contribution in [0.25, 0.3) is 0 Å². The quantitative estimate of drug-likeness (QED) is 0.839. The number of nitrogens with zero attached hydrogens (tertiary/aromatic N) is 1. The van der Waals surface area contributed by atoms with Crippen LogP contribution in [0.3, 0.4) is 0 Å². The predicted molar refractivity (Wildman–Crippen MR) is 78.9 cm³/mol. The van der Waals surface area contributed by atoms with E-state index in [-0.39, 0.29) is 6.54 Å². The molecule has 2 rings (SSSR count). The molecule has 1 heterocycles. The second-order valence-corrected chi connectivity index (χ2v) is 6.47. The summed E-state index contributed by atoms with van der Waals surface area (Å²) >= 11 is 7.29. The Morgan fingerprint density at radius 1 is 1.24 bits per heavy atom. The van der Waals surface area contributed by atoms with Crippen molar-refractivity contribution in [2.75, 3.05) is 13.6 Å². The molecule has 1 unspecified atom stereocenters. The van der Waals surface area contributed by atoms with Crippen LogP contribution in [0.15, 0.2) is 24.3 Å². The van der Waals surface area contributed by atoms with Crippen molar-refractivity contribution >= 4 is 22.9 Å². The highest BCUT2D eigenvalue weighted by atomic mass is 35.5. The van der Waals surface area contributed by atoms with Gasteiger partial charge in [0.05, 0.1) is 4.34 Å². The SMILES string of the molecule is CN(Cc1ccc(Cl)s1)C(CN)c1cc(F)c(F)c(F)c1. The lowest BCUT2D eigenvalue weighted by molar-refractivity contribution is 0.242. The van der Waals surface area contributed by atoms with Crippen LogP contribution in [-0.4, -0.2) is 18.5 Å². The summed E-state index contributed by atoms with van der Waals surface area (Å²) in [5.74, 6) is -3.89. The molecule has 2 N–H and O–H groups in total. The highest BCUT2D eigenvalue weighted by Gasteiger charge is 2.20. The van der Waals surface area contributed by atoms with Crippen molar-refractivity contribution in [1.82, 2.24) is 4.90 Å². The summed E-state index contributed by atoms with van der Waals surface area (Å²) in [4.78, 5) is 2.85. The van der Waals surface area contributed by atoms with Crippen LogP contribution in [-0.2, 0) is 6.54 Å². The summed E-state index contributed by atoms with van der Waals surface area (Å²) in [6, 6.07) is 5.20. The third-order valence-corrected chi connectivity index (χ3v) is 4.40. The largest absolute Gasteiger partial charge is 0.329 e. The Kier molecular flexibility index (Phi) is 5.27. The van der Waals surface area contributed by atoms with Crippen LogP contribution in [0.1, 0.15) is 16.5 Å². The standard InChI is InChI=1S/C14H14ClF3N2S/c1-20(7-9-2-3-13(15)21-9)12(6-19)8-4-10(16)14(18)11(17)5-8/h2-5,12H,6-7,19H2,1H3. The van der Waals surface area contributed by atoms with E-state index in [2.05, 4.69) is 0 Å². The molecule has 0 spiro atoms. The number of benzene rings is 1. The molecule has 2 nitrogen and oxygen atoms in total. The zero-order valence-electron chi connectivity index (χ0n) is 11.2. The normalized spacial score (nSPS) is 12.9. The van der Waals surface area contributed by atoms with Gasteiger partial charge in [-0.15, -0.1) is 11.3 Å². The Bertz CT molecular complexity index is 609. The average molecular weight is 335 g/mol. The molecule has 0 aliphatic heterocycles. The second kappa shape index (κ2) is 6.79. The van der Waals surface area contributed by atoms with Crippen molar-refractivity contribution in [3.63, 3.8) is 0 Å². The van der Waals surface area contributed by atoms with Crippen LogP contribution in [0.4, 0.5) is 13.2 Å². The topological polar surface area (TPSA) is 29.3 Å². The van der Waals surface area contributed by atoms with Crippen LogP contribution in [0.5, 0.6) is 0 Å². The van der Waals surface area contributed by atoms with Gasteiger partial charge in [0.25, 0.3) is 0 Å². The van der Waals surface area contributed by atoms with E-state index in [0.717, 1.165) is 17.0 Å². The molecule has 7 heteroatoms. The molecule has 0 fully saturated rings. The molecule has 21 heavy (non-hydrogen) atoms. The smallest absolute Gasteiger partial charge is 0.194 e. The Morgan fingerprint density at radius 2 is 1.86 bits per heavy atom. The molecule has 0 radical (unpaired) electrons. The predicted octanol–water partition coefficient (Wildman–Crippen LogP) is 3.95. The van der Waals surface area contributed by atoms with E-state index >= 15 is 0 Å². The van der Waals surface area contributed by atoms with Gasteiger partial charge < -0.3 is 5.73 Å². The Hall–Kier alpha value is -1.08. The van der Waals surface area contributed by atoms with E-state index in [1.807, 2.05) is 11.0 Å². The van der Waals surface area contributed by atoms with Gasteiger partial charge in [-0.1, -0.05) is 11.6 Å². The van der Waals surface area contributed by atoms with Gasteiger partial charge in [0.1, 0.15) is 0 Å². The number of halogens is 4. The first kappa shape index (κ1) is 16.3. The zero-order chi connectivity index (χ0) is 15.6. The minimum atomic E-state index is -1.47. The molecule has 1 atom stereocenters. The van der Waals surface area contributed by atoms with Crippen LogP contribution >= 0.6 is 22.9 Å². The maximum Gasteiger partial charge on any atom is 0.194 e. The lowest BCUT2D eigenvalue weighted by atomic mass is 10.0. The van der Waals surface area contributed by atoms with Gasteiger partial charge >= 0.3 is 0 Å². The van der Waals surface area contributed by atoms with Crippen molar-refractivity contribution in [2.45, 2.75) is 12.6 Å². The maximum absolute atomic E-state index is 13.3. The highest BCUT2D eigenvalue weighted by molar-refractivity contribution is 7.16. The van der Waals surface area contributed by atoms with Gasteiger partial charge in [-0.3, -0.25) is 4.90 Å². The third-order valence-electron chi connectivity index (χ3n) is 3.18. The van der Waals surface area contributed by atoms with E-state index in [1.165, 1.54) is 11.3 Å².